The lowest BCUT2D eigenvalue weighted by Gasteiger charge is -2.36. The van der Waals surface area contributed by atoms with Gasteiger partial charge in [-0.25, -0.2) is 0 Å². The summed E-state index contributed by atoms with van der Waals surface area (Å²) >= 11 is 3.02. The molecule has 2 heterocycles. The Morgan fingerprint density at radius 2 is 2.13 bits per heavy atom. The molecule has 2 aliphatic rings. The lowest BCUT2D eigenvalue weighted by molar-refractivity contribution is -0.00539. The van der Waals surface area contributed by atoms with Crippen LogP contribution in [-0.2, 0) is 0 Å². The Bertz CT molecular complexity index is 277. The summed E-state index contributed by atoms with van der Waals surface area (Å²) in [5.41, 5.74) is 0. The Kier molecular flexibility index (Phi) is 3.46. The van der Waals surface area contributed by atoms with Gasteiger partial charge in [-0.05, 0) is 0 Å². The van der Waals surface area contributed by atoms with Crippen LogP contribution >= 0.6 is 23.5 Å². The molecule has 5 nitrogen and oxygen atoms in total. The summed E-state index contributed by atoms with van der Waals surface area (Å²) in [6.07, 6.45) is -1.78. The van der Waals surface area contributed by atoms with Crippen LogP contribution in [0.2, 0.25) is 0 Å². The molecule has 0 aliphatic carbocycles. The standard InChI is InChI=1S/C8H14N2O3S2/c1-9-8-10-4-6(13)5(12)3(2-11)14-7(4)15-8/h3-7,11-13H,2H2,1H3,(H,9,10)/t3-,4+,5?,6+,7+/m0/s1. The molecule has 15 heavy (non-hydrogen) atoms. The fourth-order valence-electron chi connectivity index (χ4n) is 1.70. The van der Waals surface area contributed by atoms with Gasteiger partial charge >= 0.3 is 0 Å². The first-order chi connectivity index (χ1) is 7.17. The maximum Gasteiger partial charge on any atom is 0.157 e. The SMILES string of the molecule is CNC1=N[C@H]2[C@@H](S1)S[C@@H](CO)C(O)[C@@H]2O. The number of rotatable bonds is 1. The minimum absolute atomic E-state index is 0.0861. The van der Waals surface area contributed by atoms with Crippen molar-refractivity contribution >= 4 is 28.7 Å². The van der Waals surface area contributed by atoms with Crippen LogP contribution in [0.25, 0.3) is 0 Å². The summed E-state index contributed by atoms with van der Waals surface area (Å²) in [6, 6.07) is -0.278. The van der Waals surface area contributed by atoms with E-state index in [1.54, 1.807) is 7.05 Å². The van der Waals surface area contributed by atoms with Gasteiger partial charge in [-0.2, -0.15) is 0 Å². The fraction of sp³-hybridized carbons (Fsp3) is 0.875. The second-order valence-electron chi connectivity index (χ2n) is 3.50. The van der Waals surface area contributed by atoms with E-state index >= 15 is 0 Å². The molecule has 7 heteroatoms. The van der Waals surface area contributed by atoms with Gasteiger partial charge in [-0.15, -0.1) is 11.8 Å². The Labute approximate surface area is 96.4 Å². The van der Waals surface area contributed by atoms with Crippen LogP contribution in [-0.4, -0.2) is 62.2 Å². The van der Waals surface area contributed by atoms with Crippen molar-refractivity contribution in [3.8, 4) is 0 Å². The number of aliphatic hydroxyl groups excluding tert-OH is 3. The maximum atomic E-state index is 9.84. The van der Waals surface area contributed by atoms with Crippen LogP contribution in [0.3, 0.4) is 0 Å². The summed E-state index contributed by atoms with van der Waals surface area (Å²) in [7, 11) is 1.78. The second-order valence-corrected chi connectivity index (χ2v) is 6.31. The van der Waals surface area contributed by atoms with E-state index in [1.165, 1.54) is 23.5 Å². The van der Waals surface area contributed by atoms with E-state index in [1.807, 2.05) is 0 Å². The summed E-state index contributed by atoms with van der Waals surface area (Å²) in [6.45, 7) is -0.123. The summed E-state index contributed by atoms with van der Waals surface area (Å²) in [5, 5.41) is 32.0. The molecule has 2 aliphatic heterocycles. The van der Waals surface area contributed by atoms with Crippen LogP contribution < -0.4 is 5.32 Å². The van der Waals surface area contributed by atoms with Gasteiger partial charge in [0.05, 0.1) is 22.5 Å². The van der Waals surface area contributed by atoms with Gasteiger partial charge in [-0.1, -0.05) is 11.8 Å². The first-order valence-corrected chi connectivity index (χ1v) is 6.54. The summed E-state index contributed by atoms with van der Waals surface area (Å²) < 4.78 is 0.0861. The fourth-order valence-corrected chi connectivity index (χ4v) is 4.64. The third-order valence-electron chi connectivity index (χ3n) is 2.56. The van der Waals surface area contributed by atoms with Gasteiger partial charge in [0.1, 0.15) is 12.1 Å². The number of amidine groups is 1. The quantitative estimate of drug-likeness (QED) is 0.469. The van der Waals surface area contributed by atoms with E-state index in [-0.39, 0.29) is 22.5 Å². The number of hydrogen-bond donors (Lipinski definition) is 4. The van der Waals surface area contributed by atoms with Gasteiger partial charge < -0.3 is 20.6 Å². The van der Waals surface area contributed by atoms with Crippen LogP contribution in [0, 0.1) is 0 Å². The molecule has 0 aromatic carbocycles. The molecule has 1 saturated heterocycles. The zero-order chi connectivity index (χ0) is 11.0. The predicted octanol–water partition coefficient (Wildman–Crippen LogP) is -1.17. The second kappa shape index (κ2) is 4.50. The Morgan fingerprint density at radius 3 is 2.73 bits per heavy atom. The lowest BCUT2D eigenvalue weighted by Crippen LogP contribution is -2.51. The minimum atomic E-state index is -0.901. The smallest absolute Gasteiger partial charge is 0.157 e. The lowest BCUT2D eigenvalue weighted by atomic mass is 10.0. The van der Waals surface area contributed by atoms with E-state index in [9.17, 15) is 10.2 Å². The van der Waals surface area contributed by atoms with Gasteiger partial charge in [0.15, 0.2) is 5.17 Å². The molecule has 1 unspecified atom stereocenters. The normalized spacial score (nSPS) is 44.8. The average Bonchev–Trinajstić information content (AvgIpc) is 2.66. The monoisotopic (exact) mass is 250 g/mol. The van der Waals surface area contributed by atoms with Crippen molar-refractivity contribution < 1.29 is 15.3 Å². The van der Waals surface area contributed by atoms with Crippen LogP contribution in [0.15, 0.2) is 4.99 Å². The molecule has 2 rings (SSSR count). The molecule has 86 valence electrons. The summed E-state index contributed by atoms with van der Waals surface area (Å²) in [5.74, 6) is 0. The van der Waals surface area contributed by atoms with Crippen molar-refractivity contribution in [1.29, 1.82) is 0 Å². The highest BCUT2D eigenvalue weighted by Crippen LogP contribution is 2.43. The molecule has 0 radical (unpaired) electrons. The average molecular weight is 250 g/mol. The zero-order valence-corrected chi connectivity index (χ0v) is 9.83. The van der Waals surface area contributed by atoms with E-state index in [0.29, 0.717) is 0 Å². The molecule has 0 spiro atoms. The van der Waals surface area contributed by atoms with Crippen molar-refractivity contribution in [3.63, 3.8) is 0 Å². The minimum Gasteiger partial charge on any atom is -0.395 e. The van der Waals surface area contributed by atoms with Crippen LogP contribution in [0.5, 0.6) is 0 Å². The molecule has 4 N–H and O–H groups in total. The highest BCUT2D eigenvalue weighted by Gasteiger charge is 2.47. The Balaban J connectivity index is 2.12. The molecule has 0 amide bonds. The molecular formula is C8H14N2O3S2. The molecular weight excluding hydrogens is 236 g/mol. The van der Waals surface area contributed by atoms with Gasteiger partial charge in [0.2, 0.25) is 0 Å². The number of fused-ring (bicyclic) bond motifs is 1. The van der Waals surface area contributed by atoms with Crippen molar-refractivity contribution in [1.82, 2.24) is 5.32 Å². The highest BCUT2D eigenvalue weighted by atomic mass is 32.2. The highest BCUT2D eigenvalue weighted by molar-refractivity contribution is 8.25. The van der Waals surface area contributed by atoms with E-state index in [0.717, 1.165) is 5.17 Å². The van der Waals surface area contributed by atoms with E-state index < -0.39 is 12.2 Å². The predicted molar refractivity (Wildman–Crippen MR) is 62.1 cm³/mol. The number of nitrogens with one attached hydrogen (secondary N) is 1. The third kappa shape index (κ3) is 1.99. The molecule has 0 saturated carbocycles. The zero-order valence-electron chi connectivity index (χ0n) is 8.20. The maximum absolute atomic E-state index is 9.84. The van der Waals surface area contributed by atoms with E-state index in [2.05, 4.69) is 10.3 Å². The van der Waals surface area contributed by atoms with Crippen molar-refractivity contribution in [2.75, 3.05) is 13.7 Å². The largest absolute Gasteiger partial charge is 0.395 e. The van der Waals surface area contributed by atoms with Crippen molar-refractivity contribution in [2.45, 2.75) is 28.1 Å². The molecule has 5 atom stereocenters. The number of hydrogen-bond acceptors (Lipinski definition) is 7. The Morgan fingerprint density at radius 1 is 1.40 bits per heavy atom. The molecule has 0 aromatic rings. The van der Waals surface area contributed by atoms with Gasteiger partial charge in [0.25, 0.3) is 0 Å². The van der Waals surface area contributed by atoms with Crippen molar-refractivity contribution in [3.05, 3.63) is 0 Å². The molecule has 0 bridgehead atoms. The van der Waals surface area contributed by atoms with Crippen LogP contribution in [0.1, 0.15) is 0 Å². The third-order valence-corrected chi connectivity index (χ3v) is 5.55. The number of thioether (sulfide) groups is 2. The van der Waals surface area contributed by atoms with Gasteiger partial charge in [0, 0.05) is 7.05 Å². The first kappa shape index (κ1) is 11.5. The number of aliphatic imine (C=N–C) groups is 1. The van der Waals surface area contributed by atoms with Crippen molar-refractivity contribution in [2.24, 2.45) is 4.99 Å². The topological polar surface area (TPSA) is 85.1 Å². The number of nitrogens with zero attached hydrogens (tertiary/aromatic N) is 1. The van der Waals surface area contributed by atoms with Crippen LogP contribution in [0.4, 0.5) is 0 Å². The van der Waals surface area contributed by atoms with Gasteiger partial charge in [-0.3, -0.25) is 4.99 Å². The van der Waals surface area contributed by atoms with E-state index in [4.69, 9.17) is 5.11 Å². The first-order valence-electron chi connectivity index (χ1n) is 4.72. The molecule has 0 aromatic heterocycles. The number of aliphatic hydroxyl groups is 3. The summed E-state index contributed by atoms with van der Waals surface area (Å²) in [4.78, 5) is 4.28. The molecule has 1 fully saturated rings. The Hall–Kier alpha value is 0.0500.